The highest BCUT2D eigenvalue weighted by atomic mass is 35.5. The molecule has 3 aliphatic rings. The lowest BCUT2D eigenvalue weighted by Crippen LogP contribution is -2.40. The molecule has 0 atom stereocenters. The molecule has 0 spiro atoms. The first-order valence-corrected chi connectivity index (χ1v) is 9.56. The Labute approximate surface area is 167 Å². The van der Waals surface area contributed by atoms with Gasteiger partial charge in [0.25, 0.3) is 11.8 Å². The van der Waals surface area contributed by atoms with Crippen LogP contribution < -0.4 is 0 Å². The number of hydrogen-bond donors (Lipinski definition) is 0. The third-order valence-electron chi connectivity index (χ3n) is 3.60. The van der Waals surface area contributed by atoms with Gasteiger partial charge >= 0.3 is 0 Å². The molecule has 10 heteroatoms. The number of allylic oxidation sites excluding steroid dienone is 4. The van der Waals surface area contributed by atoms with Gasteiger partial charge in [0, 0.05) is 0 Å². The quantitative estimate of drug-likeness (QED) is 0.296. The summed E-state index contributed by atoms with van der Waals surface area (Å²) in [5, 5.41) is 1.75. The number of carbonyl (C=O) groups is 4. The number of thioether (sulfide) groups is 2. The number of halogens is 2. The van der Waals surface area contributed by atoms with Crippen LogP contribution in [0.5, 0.6) is 0 Å². The van der Waals surface area contributed by atoms with E-state index < -0.39 is 23.4 Å². The van der Waals surface area contributed by atoms with Crippen molar-refractivity contribution in [3.63, 3.8) is 0 Å². The van der Waals surface area contributed by atoms with Crippen LogP contribution in [0.2, 0.25) is 0 Å². The van der Waals surface area contributed by atoms with E-state index in [1.54, 1.807) is 0 Å². The second-order valence-electron chi connectivity index (χ2n) is 5.16. The zero-order chi connectivity index (χ0) is 19.2. The van der Waals surface area contributed by atoms with Gasteiger partial charge in [-0.3, -0.25) is 19.2 Å². The topological polar surface area (TPSA) is 74.8 Å². The van der Waals surface area contributed by atoms with Crippen molar-refractivity contribution in [3.8, 4) is 0 Å². The number of Topliss-reactive ketones (excluding diaryl/α,β-unsaturated/α-hetero) is 2. The standard InChI is InChI=1S/C16H10Cl2N2O4S2/c1-3-5-19-14(23)7(15(24)20(19)6-4-2)16-25-12-10(21)8(17)9(18)11(22)13(12)26-16/h3-4H,1-2,5-6H2. The minimum Gasteiger partial charge on any atom is -0.287 e. The molecule has 6 nitrogen and oxygen atoms in total. The Bertz CT molecular complexity index is 836. The average molecular weight is 429 g/mol. The van der Waals surface area contributed by atoms with Crippen molar-refractivity contribution in [1.82, 2.24) is 10.0 Å². The SMILES string of the molecule is C=CCN1C(=O)C(=C2SC3=C(S2)C(=O)C(Cl)=C(Cl)C3=O)C(=O)N1CC=C. The lowest BCUT2D eigenvalue weighted by molar-refractivity contribution is -0.144. The van der Waals surface area contributed by atoms with Crippen LogP contribution in [0.3, 0.4) is 0 Å². The van der Waals surface area contributed by atoms with Crippen LogP contribution >= 0.6 is 46.7 Å². The maximum atomic E-state index is 12.7. The molecular formula is C16H10Cl2N2O4S2. The van der Waals surface area contributed by atoms with Gasteiger partial charge in [-0.15, -0.1) is 13.2 Å². The molecule has 0 saturated carbocycles. The smallest absolute Gasteiger partial charge is 0.280 e. The molecule has 0 bridgehead atoms. The van der Waals surface area contributed by atoms with Crippen molar-refractivity contribution in [2.45, 2.75) is 0 Å². The first-order valence-electron chi connectivity index (χ1n) is 7.17. The Morgan fingerprint density at radius 2 is 1.19 bits per heavy atom. The summed E-state index contributed by atoms with van der Waals surface area (Å²) in [7, 11) is 0. The van der Waals surface area contributed by atoms with Crippen LogP contribution in [0.15, 0.2) is 55.0 Å². The molecule has 0 aromatic rings. The Morgan fingerprint density at radius 1 is 0.808 bits per heavy atom. The van der Waals surface area contributed by atoms with Gasteiger partial charge in [-0.1, -0.05) is 58.9 Å². The summed E-state index contributed by atoms with van der Waals surface area (Å²) in [6.45, 7) is 7.43. The summed E-state index contributed by atoms with van der Waals surface area (Å²) >= 11 is 13.4. The molecule has 0 N–H and O–H groups in total. The molecule has 1 aliphatic carbocycles. The number of rotatable bonds is 4. The van der Waals surface area contributed by atoms with Gasteiger partial charge in [-0.05, 0) is 0 Å². The molecule has 1 fully saturated rings. The van der Waals surface area contributed by atoms with Crippen LogP contribution in [0.25, 0.3) is 0 Å². The van der Waals surface area contributed by atoms with Crippen molar-refractivity contribution >= 4 is 70.1 Å². The van der Waals surface area contributed by atoms with Gasteiger partial charge < -0.3 is 0 Å². The lowest BCUT2D eigenvalue weighted by atomic mass is 10.1. The van der Waals surface area contributed by atoms with Crippen LogP contribution in [0.4, 0.5) is 0 Å². The summed E-state index contributed by atoms with van der Waals surface area (Å²) in [6, 6.07) is 0. The summed E-state index contributed by atoms with van der Waals surface area (Å²) < 4.78 is 0.253. The molecule has 2 heterocycles. The second kappa shape index (κ2) is 7.11. The molecule has 134 valence electrons. The van der Waals surface area contributed by atoms with Crippen molar-refractivity contribution in [1.29, 1.82) is 0 Å². The van der Waals surface area contributed by atoms with E-state index in [9.17, 15) is 19.2 Å². The normalized spacial score (nSPS) is 20.7. The maximum absolute atomic E-state index is 12.7. The molecule has 0 radical (unpaired) electrons. The third kappa shape index (κ3) is 2.77. The lowest BCUT2D eigenvalue weighted by Gasteiger charge is -2.24. The zero-order valence-electron chi connectivity index (χ0n) is 13.1. The summed E-state index contributed by atoms with van der Waals surface area (Å²) in [6.07, 6.45) is 2.98. The third-order valence-corrected chi connectivity index (χ3v) is 7.01. The minimum absolute atomic E-state index is 0.0786. The predicted molar refractivity (Wildman–Crippen MR) is 102 cm³/mol. The van der Waals surface area contributed by atoms with E-state index >= 15 is 0 Å². The molecule has 0 unspecified atom stereocenters. The Balaban J connectivity index is 2.01. The number of amides is 2. The highest BCUT2D eigenvalue weighted by Gasteiger charge is 2.46. The van der Waals surface area contributed by atoms with Crippen molar-refractivity contribution in [2.24, 2.45) is 0 Å². The molecule has 26 heavy (non-hydrogen) atoms. The molecule has 0 aromatic heterocycles. The van der Waals surface area contributed by atoms with E-state index in [2.05, 4.69) is 13.2 Å². The number of carbonyl (C=O) groups excluding carboxylic acids is 4. The zero-order valence-corrected chi connectivity index (χ0v) is 16.2. The van der Waals surface area contributed by atoms with Crippen LogP contribution in [-0.4, -0.2) is 46.5 Å². The fraction of sp³-hybridized carbons (Fsp3) is 0.125. The minimum atomic E-state index is -0.594. The Hall–Kier alpha value is -1.74. The van der Waals surface area contributed by atoms with Gasteiger partial charge in [0.1, 0.15) is 15.6 Å². The van der Waals surface area contributed by atoms with Crippen molar-refractivity contribution in [3.05, 3.63) is 55.0 Å². The highest BCUT2D eigenvalue weighted by molar-refractivity contribution is 8.29. The second-order valence-corrected chi connectivity index (χ2v) is 8.22. The largest absolute Gasteiger partial charge is 0.287 e. The number of hydrazine groups is 1. The monoisotopic (exact) mass is 428 g/mol. The Morgan fingerprint density at radius 3 is 1.54 bits per heavy atom. The van der Waals surface area contributed by atoms with E-state index in [1.165, 1.54) is 22.2 Å². The van der Waals surface area contributed by atoms with Crippen LogP contribution in [0, 0.1) is 0 Å². The van der Waals surface area contributed by atoms with Gasteiger partial charge in [0.05, 0.1) is 27.1 Å². The first-order chi connectivity index (χ1) is 12.3. The van der Waals surface area contributed by atoms with Gasteiger partial charge in [-0.25, -0.2) is 10.0 Å². The molecule has 0 aromatic carbocycles. The van der Waals surface area contributed by atoms with Gasteiger partial charge in [0.2, 0.25) is 11.6 Å². The van der Waals surface area contributed by atoms with Crippen molar-refractivity contribution < 1.29 is 19.2 Å². The van der Waals surface area contributed by atoms with E-state index in [1.807, 2.05) is 0 Å². The Kier molecular flexibility index (Phi) is 5.21. The van der Waals surface area contributed by atoms with E-state index in [4.69, 9.17) is 23.2 Å². The number of hydrogen-bond acceptors (Lipinski definition) is 6. The van der Waals surface area contributed by atoms with E-state index in [-0.39, 0.29) is 42.8 Å². The fourth-order valence-electron chi connectivity index (χ4n) is 2.45. The first kappa shape index (κ1) is 19.0. The molecule has 3 rings (SSSR count). The average Bonchev–Trinajstić information content (AvgIpc) is 3.14. The summed E-state index contributed by atoms with van der Waals surface area (Å²) in [5.74, 6) is -2.25. The fourth-order valence-corrected chi connectivity index (χ4v) is 5.52. The van der Waals surface area contributed by atoms with Gasteiger partial charge in [0.15, 0.2) is 0 Å². The van der Waals surface area contributed by atoms with E-state index in [0.717, 1.165) is 23.5 Å². The maximum Gasteiger partial charge on any atom is 0.280 e. The number of ketones is 2. The summed E-state index contributed by atoms with van der Waals surface area (Å²) in [4.78, 5) is 50.1. The van der Waals surface area contributed by atoms with Crippen molar-refractivity contribution in [2.75, 3.05) is 13.1 Å². The van der Waals surface area contributed by atoms with Crippen LogP contribution in [-0.2, 0) is 19.2 Å². The molecule has 1 saturated heterocycles. The van der Waals surface area contributed by atoms with Crippen LogP contribution in [0.1, 0.15) is 0 Å². The molecule has 2 aliphatic heterocycles. The highest BCUT2D eigenvalue weighted by Crippen LogP contribution is 2.55. The molecular weight excluding hydrogens is 419 g/mol. The van der Waals surface area contributed by atoms with E-state index in [0.29, 0.717) is 0 Å². The molecule has 2 amide bonds. The number of nitrogens with zero attached hydrogens (tertiary/aromatic N) is 2. The predicted octanol–water partition coefficient (Wildman–Crippen LogP) is 2.69. The van der Waals surface area contributed by atoms with Gasteiger partial charge in [-0.2, -0.15) is 0 Å². The summed E-state index contributed by atoms with van der Waals surface area (Å²) in [5.41, 5.74) is -0.106.